The molecule has 7 heteroatoms. The maximum absolute atomic E-state index is 12.8. The fourth-order valence-corrected chi connectivity index (χ4v) is 3.65. The number of nitrogens with zero attached hydrogens (tertiary/aromatic N) is 1. The van der Waals surface area contributed by atoms with Gasteiger partial charge in [-0.05, 0) is 42.8 Å². The Hall–Kier alpha value is -3.25. The van der Waals surface area contributed by atoms with Crippen LogP contribution in [0.1, 0.15) is 24.1 Å². The van der Waals surface area contributed by atoms with Crippen molar-refractivity contribution in [2.24, 2.45) is 0 Å². The van der Waals surface area contributed by atoms with E-state index in [1.54, 1.807) is 43.5 Å². The fraction of sp³-hybridized carbons (Fsp3) is 0.217. The number of hydrogen-bond acceptors (Lipinski definition) is 5. The summed E-state index contributed by atoms with van der Waals surface area (Å²) in [5.74, 6) is -0.660. The van der Waals surface area contributed by atoms with Crippen molar-refractivity contribution in [3.05, 3.63) is 76.8 Å². The Morgan fingerprint density at radius 3 is 2.50 bits per heavy atom. The van der Waals surface area contributed by atoms with E-state index < -0.39 is 17.7 Å². The molecule has 1 N–H and O–H groups in total. The number of rotatable bonds is 7. The minimum absolute atomic E-state index is 0.00718. The van der Waals surface area contributed by atoms with E-state index in [0.29, 0.717) is 34.3 Å². The number of benzene rings is 2. The lowest BCUT2D eigenvalue weighted by Gasteiger charge is -2.24. The number of hydrogen-bond donors (Lipinski definition) is 1. The summed E-state index contributed by atoms with van der Waals surface area (Å²) in [5, 5.41) is 11.3. The van der Waals surface area contributed by atoms with Gasteiger partial charge in [0.05, 0.1) is 30.4 Å². The Bertz CT molecular complexity index is 1010. The molecule has 2 aromatic rings. The summed E-state index contributed by atoms with van der Waals surface area (Å²) < 4.78 is 10.6. The van der Waals surface area contributed by atoms with Crippen molar-refractivity contribution < 1.29 is 24.2 Å². The van der Waals surface area contributed by atoms with Gasteiger partial charge in [0.15, 0.2) is 0 Å². The molecule has 1 aliphatic heterocycles. The molecule has 0 saturated carbocycles. The molecule has 6 nitrogen and oxygen atoms in total. The third-order valence-electron chi connectivity index (χ3n) is 4.80. The minimum Gasteiger partial charge on any atom is -0.507 e. The number of methoxy groups -OCH3 is 1. The number of halogens is 1. The summed E-state index contributed by atoms with van der Waals surface area (Å²) in [4.78, 5) is 26.9. The lowest BCUT2D eigenvalue weighted by Crippen LogP contribution is -2.29. The molecule has 156 valence electrons. The maximum atomic E-state index is 12.8. The molecule has 30 heavy (non-hydrogen) atoms. The highest BCUT2D eigenvalue weighted by atomic mass is 35.5. The molecule has 2 aromatic carbocycles. The topological polar surface area (TPSA) is 76.1 Å². The average Bonchev–Trinajstić information content (AvgIpc) is 3.00. The minimum atomic E-state index is -0.765. The lowest BCUT2D eigenvalue weighted by molar-refractivity contribution is -0.139. The van der Waals surface area contributed by atoms with Crippen LogP contribution in [-0.4, -0.2) is 42.0 Å². The largest absolute Gasteiger partial charge is 0.507 e. The lowest BCUT2D eigenvalue weighted by atomic mass is 9.95. The molecule has 0 bridgehead atoms. The quantitative estimate of drug-likeness (QED) is 0.307. The predicted molar refractivity (Wildman–Crippen MR) is 115 cm³/mol. The number of amides is 1. The van der Waals surface area contributed by atoms with Crippen molar-refractivity contribution in [1.82, 2.24) is 4.90 Å². The van der Waals surface area contributed by atoms with Crippen LogP contribution in [0.15, 0.2) is 60.7 Å². The maximum Gasteiger partial charge on any atom is 0.295 e. The van der Waals surface area contributed by atoms with Gasteiger partial charge in [0, 0.05) is 12.1 Å². The van der Waals surface area contributed by atoms with Gasteiger partial charge in [0.1, 0.15) is 17.3 Å². The second-order valence-corrected chi connectivity index (χ2v) is 7.00. The Morgan fingerprint density at radius 1 is 1.23 bits per heavy atom. The number of carbonyl (C=O) groups excluding carboxylic acids is 2. The molecule has 1 aliphatic rings. The van der Waals surface area contributed by atoms with Gasteiger partial charge in [-0.15, -0.1) is 6.58 Å². The molecule has 3 rings (SSSR count). The van der Waals surface area contributed by atoms with Crippen molar-refractivity contribution in [1.29, 1.82) is 0 Å². The molecular weight excluding hydrogens is 406 g/mol. The smallest absolute Gasteiger partial charge is 0.295 e. The molecule has 1 saturated heterocycles. The van der Waals surface area contributed by atoms with Gasteiger partial charge in [0.2, 0.25) is 0 Å². The van der Waals surface area contributed by atoms with Gasteiger partial charge in [-0.3, -0.25) is 9.59 Å². The molecule has 1 heterocycles. The van der Waals surface area contributed by atoms with Crippen LogP contribution in [0.3, 0.4) is 0 Å². The third kappa shape index (κ3) is 3.91. The molecule has 0 spiro atoms. The van der Waals surface area contributed by atoms with Crippen LogP contribution >= 0.6 is 11.6 Å². The van der Waals surface area contributed by atoms with E-state index in [2.05, 4.69) is 6.58 Å². The summed E-state index contributed by atoms with van der Waals surface area (Å²) in [6.07, 6.45) is 1.54. The number of ether oxygens (including phenoxy) is 2. The summed E-state index contributed by atoms with van der Waals surface area (Å²) in [6, 6.07) is 10.9. The van der Waals surface area contributed by atoms with Crippen molar-refractivity contribution in [2.45, 2.75) is 13.0 Å². The molecule has 0 aliphatic carbocycles. The first kappa shape index (κ1) is 21.5. The van der Waals surface area contributed by atoms with Crippen LogP contribution in [-0.2, 0) is 9.59 Å². The van der Waals surface area contributed by atoms with E-state index in [9.17, 15) is 14.7 Å². The van der Waals surface area contributed by atoms with E-state index in [1.807, 2.05) is 6.92 Å². The van der Waals surface area contributed by atoms with Crippen molar-refractivity contribution in [3.63, 3.8) is 0 Å². The third-order valence-corrected chi connectivity index (χ3v) is 5.10. The Kier molecular flexibility index (Phi) is 6.47. The normalized spacial score (nSPS) is 17.8. The standard InChI is InChI=1S/C23H22ClNO5/c1-4-12-25-20(14-6-9-16(29-3)10-7-14)19(22(27)23(25)28)21(26)15-8-11-18(30-5-2)17(24)13-15/h4,6-11,13,20,26H,1,5,12H2,2-3H3/t20-/m1/s1. The van der Waals surface area contributed by atoms with Gasteiger partial charge >= 0.3 is 0 Å². The van der Waals surface area contributed by atoms with E-state index >= 15 is 0 Å². The Balaban J connectivity index is 2.14. The highest BCUT2D eigenvalue weighted by Crippen LogP contribution is 2.40. The summed E-state index contributed by atoms with van der Waals surface area (Å²) in [7, 11) is 1.55. The number of aliphatic hydroxyl groups is 1. The van der Waals surface area contributed by atoms with Gasteiger partial charge < -0.3 is 19.5 Å². The van der Waals surface area contributed by atoms with Gasteiger partial charge in [0.25, 0.3) is 11.7 Å². The molecule has 1 fully saturated rings. The van der Waals surface area contributed by atoms with Crippen LogP contribution in [0.5, 0.6) is 11.5 Å². The van der Waals surface area contributed by atoms with E-state index in [4.69, 9.17) is 21.1 Å². The van der Waals surface area contributed by atoms with E-state index in [-0.39, 0.29) is 17.9 Å². The number of Topliss-reactive ketones (excluding diaryl/α,β-unsaturated/α-hetero) is 1. The zero-order valence-electron chi connectivity index (χ0n) is 16.7. The monoisotopic (exact) mass is 427 g/mol. The van der Waals surface area contributed by atoms with Gasteiger partial charge in [-0.25, -0.2) is 0 Å². The van der Waals surface area contributed by atoms with Crippen LogP contribution < -0.4 is 9.47 Å². The highest BCUT2D eigenvalue weighted by molar-refractivity contribution is 6.46. The van der Waals surface area contributed by atoms with E-state index in [1.165, 1.54) is 17.0 Å². The molecule has 0 aromatic heterocycles. The first-order valence-electron chi connectivity index (χ1n) is 9.38. The molecular formula is C23H22ClNO5. The summed E-state index contributed by atoms with van der Waals surface area (Å²) in [5.41, 5.74) is 0.973. The summed E-state index contributed by atoms with van der Waals surface area (Å²) >= 11 is 6.24. The number of likely N-dealkylation sites (tertiary alicyclic amines) is 1. The molecule has 1 amide bonds. The van der Waals surface area contributed by atoms with Gasteiger partial charge in [-0.2, -0.15) is 0 Å². The second kappa shape index (κ2) is 9.05. The number of ketones is 1. The van der Waals surface area contributed by atoms with Crippen molar-refractivity contribution >= 4 is 29.1 Å². The Labute approximate surface area is 180 Å². The first-order chi connectivity index (χ1) is 14.4. The van der Waals surface area contributed by atoms with E-state index in [0.717, 1.165) is 0 Å². The molecule has 0 radical (unpaired) electrons. The molecule has 0 unspecified atom stereocenters. The average molecular weight is 428 g/mol. The van der Waals surface area contributed by atoms with Crippen molar-refractivity contribution in [3.8, 4) is 11.5 Å². The van der Waals surface area contributed by atoms with Crippen LogP contribution in [0, 0.1) is 0 Å². The SMILES string of the molecule is C=CCN1C(=O)C(=O)C(=C(O)c2ccc(OCC)c(Cl)c2)[C@H]1c1ccc(OC)cc1. The van der Waals surface area contributed by atoms with Gasteiger partial charge in [-0.1, -0.05) is 29.8 Å². The zero-order chi connectivity index (χ0) is 21.8. The van der Waals surface area contributed by atoms with Crippen LogP contribution in [0.2, 0.25) is 5.02 Å². The van der Waals surface area contributed by atoms with Crippen LogP contribution in [0.4, 0.5) is 0 Å². The second-order valence-electron chi connectivity index (χ2n) is 6.59. The predicted octanol–water partition coefficient (Wildman–Crippen LogP) is 4.36. The summed E-state index contributed by atoms with van der Waals surface area (Å²) in [6.45, 7) is 6.10. The number of aliphatic hydroxyl groups excluding tert-OH is 1. The molecule has 1 atom stereocenters. The fourth-order valence-electron chi connectivity index (χ4n) is 3.42. The zero-order valence-corrected chi connectivity index (χ0v) is 17.5. The Morgan fingerprint density at radius 2 is 1.93 bits per heavy atom. The van der Waals surface area contributed by atoms with Crippen molar-refractivity contribution in [2.75, 3.05) is 20.3 Å². The highest BCUT2D eigenvalue weighted by Gasteiger charge is 2.45. The first-order valence-corrected chi connectivity index (χ1v) is 9.76. The number of carbonyl (C=O) groups is 2. The van der Waals surface area contributed by atoms with Crippen LogP contribution in [0.25, 0.3) is 5.76 Å².